The summed E-state index contributed by atoms with van der Waals surface area (Å²) in [6.45, 7) is 5.57. The Morgan fingerprint density at radius 1 is 1.16 bits per heavy atom. The molecule has 0 bridgehead atoms. The first-order valence-electron chi connectivity index (χ1n) is 12.8. The third-order valence-electron chi connectivity index (χ3n) is 7.51. The molecule has 38 heavy (non-hydrogen) atoms. The summed E-state index contributed by atoms with van der Waals surface area (Å²) >= 11 is 0. The van der Waals surface area contributed by atoms with E-state index in [0.717, 1.165) is 52.1 Å². The van der Waals surface area contributed by atoms with Crippen LogP contribution in [0.4, 0.5) is 10.1 Å². The fraction of sp³-hybridized carbons (Fsp3) is 0.300. The van der Waals surface area contributed by atoms with Gasteiger partial charge in [-0.2, -0.15) is 0 Å². The van der Waals surface area contributed by atoms with Gasteiger partial charge in [-0.05, 0) is 67.8 Å². The highest BCUT2D eigenvalue weighted by atomic mass is 19.1. The Labute approximate surface area is 222 Å². The van der Waals surface area contributed by atoms with Gasteiger partial charge < -0.3 is 15.2 Å². The topological polar surface area (TPSA) is 80.3 Å². The number of halogens is 1. The Bertz CT molecular complexity index is 1530. The molecular formula is C30H33FN6O. The van der Waals surface area contributed by atoms with Crippen LogP contribution >= 0.6 is 0 Å². The van der Waals surface area contributed by atoms with Gasteiger partial charge in [0.25, 0.3) is 5.91 Å². The van der Waals surface area contributed by atoms with Crippen LogP contribution in [0.3, 0.4) is 0 Å². The van der Waals surface area contributed by atoms with E-state index in [2.05, 4.69) is 38.5 Å². The minimum Gasteiger partial charge on any atom is -0.397 e. The average molecular weight is 513 g/mol. The van der Waals surface area contributed by atoms with E-state index < -0.39 is 0 Å². The molecule has 0 fully saturated rings. The number of carbonyl (C=O) groups excluding carboxylic acids is 1. The Balaban J connectivity index is 1.41. The van der Waals surface area contributed by atoms with E-state index in [9.17, 15) is 4.79 Å². The summed E-state index contributed by atoms with van der Waals surface area (Å²) in [5.74, 6) is -0.539. The third-order valence-corrected chi connectivity index (χ3v) is 7.51. The van der Waals surface area contributed by atoms with Crippen molar-refractivity contribution in [2.45, 2.75) is 26.3 Å². The molecule has 0 radical (unpaired) electrons. The van der Waals surface area contributed by atoms with Crippen molar-refractivity contribution in [2.24, 2.45) is 7.05 Å². The molecule has 0 aliphatic carbocycles. The fourth-order valence-electron chi connectivity index (χ4n) is 5.41. The van der Waals surface area contributed by atoms with E-state index in [-0.39, 0.29) is 17.8 Å². The molecule has 0 spiro atoms. The van der Waals surface area contributed by atoms with Gasteiger partial charge in [0.1, 0.15) is 11.5 Å². The summed E-state index contributed by atoms with van der Waals surface area (Å²) in [6.07, 6.45) is 6.33. The van der Waals surface area contributed by atoms with Crippen LogP contribution in [0.2, 0.25) is 0 Å². The van der Waals surface area contributed by atoms with Gasteiger partial charge in [-0.3, -0.25) is 14.7 Å². The van der Waals surface area contributed by atoms with Crippen molar-refractivity contribution in [1.29, 1.82) is 0 Å². The number of nitrogens with two attached hydrogens (primary N) is 1. The first-order valence-corrected chi connectivity index (χ1v) is 12.8. The van der Waals surface area contributed by atoms with Gasteiger partial charge >= 0.3 is 0 Å². The molecule has 1 atom stereocenters. The molecule has 5 rings (SSSR count). The SMILES string of the molecule is Cc1cc(C(=O)N(C)C)cc(F)c1C1=CCN([C@@H](C)c2cc3c(-c4ccc(N)cn4)ccnc3n2C)CC1. The summed E-state index contributed by atoms with van der Waals surface area (Å²) in [5.41, 5.74) is 13.2. The number of anilines is 1. The van der Waals surface area contributed by atoms with E-state index in [1.165, 1.54) is 11.0 Å². The number of pyridine rings is 2. The van der Waals surface area contributed by atoms with Crippen molar-refractivity contribution >= 4 is 28.2 Å². The Hall–Kier alpha value is -4.04. The molecular weight excluding hydrogens is 479 g/mol. The normalized spacial score (nSPS) is 14.9. The maximum absolute atomic E-state index is 15.2. The first-order chi connectivity index (χ1) is 18.2. The van der Waals surface area contributed by atoms with Crippen molar-refractivity contribution in [3.63, 3.8) is 0 Å². The molecule has 0 saturated heterocycles. The molecule has 8 heteroatoms. The number of amides is 1. The maximum Gasteiger partial charge on any atom is 0.253 e. The van der Waals surface area contributed by atoms with Crippen LogP contribution in [0.25, 0.3) is 27.9 Å². The van der Waals surface area contributed by atoms with Gasteiger partial charge in [0.15, 0.2) is 0 Å². The number of rotatable bonds is 5. The highest BCUT2D eigenvalue weighted by molar-refractivity contribution is 5.95. The van der Waals surface area contributed by atoms with Crippen LogP contribution in [0.1, 0.15) is 46.6 Å². The van der Waals surface area contributed by atoms with Gasteiger partial charge in [-0.1, -0.05) is 6.08 Å². The lowest BCUT2D eigenvalue weighted by Gasteiger charge is -2.32. The summed E-state index contributed by atoms with van der Waals surface area (Å²) < 4.78 is 17.3. The van der Waals surface area contributed by atoms with Crippen molar-refractivity contribution in [3.8, 4) is 11.3 Å². The van der Waals surface area contributed by atoms with Gasteiger partial charge in [0.05, 0.1) is 17.6 Å². The van der Waals surface area contributed by atoms with Crippen molar-refractivity contribution < 1.29 is 9.18 Å². The van der Waals surface area contributed by atoms with Crippen molar-refractivity contribution in [1.82, 2.24) is 24.3 Å². The molecule has 1 aromatic carbocycles. The standard InChI is InChI=1S/C30H33FN6O/c1-18-14-21(30(38)35(3)4)15-25(31)28(18)20-9-12-37(13-10-20)19(2)27-16-24-23(8-11-33-29(24)36(27)5)26-7-6-22(32)17-34-26/h6-9,11,14-17,19H,10,12-13,32H2,1-5H3/t19-/m0/s1. The zero-order valence-electron chi connectivity index (χ0n) is 22.5. The fourth-order valence-corrected chi connectivity index (χ4v) is 5.41. The van der Waals surface area contributed by atoms with E-state index in [4.69, 9.17) is 5.73 Å². The molecule has 1 aliphatic heterocycles. The summed E-state index contributed by atoms with van der Waals surface area (Å²) in [4.78, 5) is 25.3. The van der Waals surface area contributed by atoms with E-state index in [1.54, 1.807) is 26.4 Å². The smallest absolute Gasteiger partial charge is 0.253 e. The number of benzene rings is 1. The maximum atomic E-state index is 15.2. The minimum atomic E-state index is -0.341. The van der Waals surface area contributed by atoms with Crippen LogP contribution in [0.5, 0.6) is 0 Å². The number of hydrogen-bond donors (Lipinski definition) is 1. The number of carbonyl (C=O) groups is 1. The summed E-state index contributed by atoms with van der Waals surface area (Å²) in [5, 5.41) is 1.05. The van der Waals surface area contributed by atoms with Crippen LogP contribution in [0.15, 0.2) is 54.9 Å². The zero-order chi connectivity index (χ0) is 27.1. The molecule has 7 nitrogen and oxygen atoms in total. The Kier molecular flexibility index (Phi) is 6.75. The summed E-state index contributed by atoms with van der Waals surface area (Å²) in [6, 6.07) is 11.2. The zero-order valence-corrected chi connectivity index (χ0v) is 22.5. The third kappa shape index (κ3) is 4.56. The Morgan fingerprint density at radius 3 is 2.58 bits per heavy atom. The first kappa shape index (κ1) is 25.6. The summed E-state index contributed by atoms with van der Waals surface area (Å²) in [7, 11) is 5.39. The van der Waals surface area contributed by atoms with Crippen LogP contribution < -0.4 is 5.73 Å². The van der Waals surface area contributed by atoms with Crippen molar-refractivity contribution in [3.05, 3.63) is 83.1 Å². The number of nitrogens with zero attached hydrogens (tertiary/aromatic N) is 5. The van der Waals surface area contributed by atoms with E-state index in [0.29, 0.717) is 23.4 Å². The van der Waals surface area contributed by atoms with Gasteiger partial charge in [-0.25, -0.2) is 9.37 Å². The predicted molar refractivity (Wildman–Crippen MR) is 150 cm³/mol. The quantitative estimate of drug-likeness (QED) is 0.397. The molecule has 0 unspecified atom stereocenters. The predicted octanol–water partition coefficient (Wildman–Crippen LogP) is 5.22. The Morgan fingerprint density at radius 2 is 1.95 bits per heavy atom. The van der Waals surface area contributed by atoms with Crippen molar-refractivity contribution in [2.75, 3.05) is 32.9 Å². The second kappa shape index (κ2) is 10.0. The molecule has 4 aromatic rings. The highest BCUT2D eigenvalue weighted by Gasteiger charge is 2.25. The second-order valence-corrected chi connectivity index (χ2v) is 10.2. The molecule has 1 amide bonds. The van der Waals surface area contributed by atoms with Crippen LogP contribution in [0, 0.1) is 12.7 Å². The van der Waals surface area contributed by atoms with Gasteiger partial charge in [0, 0.05) is 74.2 Å². The second-order valence-electron chi connectivity index (χ2n) is 10.2. The number of aromatic nitrogens is 3. The lowest BCUT2D eigenvalue weighted by atomic mass is 9.92. The monoisotopic (exact) mass is 512 g/mol. The highest BCUT2D eigenvalue weighted by Crippen LogP contribution is 2.35. The number of fused-ring (bicyclic) bond motifs is 1. The van der Waals surface area contributed by atoms with Gasteiger partial charge in [-0.15, -0.1) is 0 Å². The minimum absolute atomic E-state index is 0.130. The number of hydrogen-bond acceptors (Lipinski definition) is 5. The molecule has 4 heterocycles. The van der Waals surface area contributed by atoms with Crippen LogP contribution in [-0.2, 0) is 7.05 Å². The van der Waals surface area contributed by atoms with Gasteiger partial charge in [0.2, 0.25) is 0 Å². The van der Waals surface area contributed by atoms with Crippen LogP contribution in [-0.4, -0.2) is 57.4 Å². The average Bonchev–Trinajstić information content (AvgIpc) is 3.24. The molecule has 2 N–H and O–H groups in total. The number of aryl methyl sites for hydroxylation is 2. The lowest BCUT2D eigenvalue weighted by molar-refractivity contribution is 0.0827. The molecule has 0 saturated carbocycles. The molecule has 3 aromatic heterocycles. The molecule has 196 valence electrons. The largest absolute Gasteiger partial charge is 0.397 e. The van der Waals surface area contributed by atoms with E-state index >= 15 is 4.39 Å². The lowest BCUT2D eigenvalue weighted by Crippen LogP contribution is -2.32. The van der Waals surface area contributed by atoms with E-state index in [1.807, 2.05) is 38.4 Å². The molecule has 1 aliphatic rings. The number of nitrogen functional groups attached to an aromatic ring is 1.